The number of aryl methyl sites for hydroxylation is 3. The Morgan fingerprint density at radius 1 is 1.03 bits per heavy atom. The maximum atomic E-state index is 12.5. The first kappa shape index (κ1) is 25.0. The Morgan fingerprint density at radius 3 is 2.21 bits per heavy atom. The number of amides is 2. The molecule has 0 saturated carbocycles. The monoisotopic (exact) mass is 482 g/mol. The van der Waals surface area contributed by atoms with Gasteiger partial charge in [0.1, 0.15) is 0 Å². The third kappa shape index (κ3) is 5.63. The van der Waals surface area contributed by atoms with Crippen molar-refractivity contribution >= 4 is 35.1 Å². The van der Waals surface area contributed by atoms with Gasteiger partial charge in [0.25, 0.3) is 5.91 Å². The van der Waals surface area contributed by atoms with E-state index >= 15 is 0 Å². The maximum absolute atomic E-state index is 12.5. The zero-order chi connectivity index (χ0) is 25.0. The number of aromatic nitrogens is 2. The normalized spacial score (nSPS) is 11.6. The molecule has 0 aliphatic heterocycles. The number of hydrogen-bond donors (Lipinski definition) is 2. The predicted octanol–water partition coefficient (Wildman–Crippen LogP) is 4.06. The van der Waals surface area contributed by atoms with E-state index in [0.717, 1.165) is 22.5 Å². The maximum Gasteiger partial charge on any atom is 0.338 e. The summed E-state index contributed by atoms with van der Waals surface area (Å²) in [5.74, 6) is -1.59. The van der Waals surface area contributed by atoms with Crippen LogP contribution in [0, 0.1) is 27.7 Å². The van der Waals surface area contributed by atoms with Gasteiger partial charge in [0.2, 0.25) is 5.91 Å². The molecule has 0 radical (unpaired) electrons. The Labute approximate surface area is 203 Å². The molecule has 3 rings (SSSR count). The molecule has 178 valence electrons. The molecule has 9 heteroatoms. The van der Waals surface area contributed by atoms with Gasteiger partial charge in [0.05, 0.1) is 34.2 Å². The highest BCUT2D eigenvalue weighted by molar-refractivity contribution is 6.31. The topological polar surface area (TPSA) is 102 Å². The average molecular weight is 483 g/mol. The van der Waals surface area contributed by atoms with E-state index in [-0.39, 0.29) is 18.0 Å². The van der Waals surface area contributed by atoms with Gasteiger partial charge in [-0.25, -0.2) is 9.48 Å². The molecule has 3 aromatic rings. The number of ether oxygens (including phenoxy) is 1. The number of halogens is 1. The minimum atomic E-state index is -1.07. The highest BCUT2D eigenvalue weighted by atomic mass is 35.5. The molecule has 0 aliphatic carbocycles. The number of nitrogens with zero attached hydrogens (tertiary/aromatic N) is 2. The molecule has 0 bridgehead atoms. The van der Waals surface area contributed by atoms with Crippen LogP contribution in [0.2, 0.25) is 5.02 Å². The predicted molar refractivity (Wildman–Crippen MR) is 130 cm³/mol. The summed E-state index contributed by atoms with van der Waals surface area (Å²) in [6, 6.07) is 12.3. The van der Waals surface area contributed by atoms with Crippen molar-refractivity contribution in [3.8, 4) is 5.69 Å². The molecule has 8 nitrogen and oxygen atoms in total. The Morgan fingerprint density at radius 2 is 1.65 bits per heavy atom. The van der Waals surface area contributed by atoms with Gasteiger partial charge in [-0.3, -0.25) is 9.59 Å². The molecule has 2 aromatic carbocycles. The van der Waals surface area contributed by atoms with Gasteiger partial charge >= 0.3 is 5.97 Å². The molecule has 1 unspecified atom stereocenters. The average Bonchev–Trinajstić information content (AvgIpc) is 3.07. The van der Waals surface area contributed by atoms with Gasteiger partial charge < -0.3 is 15.4 Å². The number of para-hydroxylation sites is 1. The number of benzene rings is 2. The number of rotatable bonds is 7. The number of nitrogens with one attached hydrogen (secondary N) is 2. The lowest BCUT2D eigenvalue weighted by Crippen LogP contribution is -2.40. The van der Waals surface area contributed by atoms with Crippen LogP contribution in [-0.2, 0) is 14.3 Å². The summed E-state index contributed by atoms with van der Waals surface area (Å²) in [6.07, 6.45) is -1.07. The minimum absolute atomic E-state index is 0.242. The number of carbonyl (C=O) groups excluding carboxylic acids is 3. The van der Waals surface area contributed by atoms with Crippen molar-refractivity contribution in [2.75, 3.05) is 11.9 Å². The van der Waals surface area contributed by atoms with Crippen LogP contribution in [0.4, 0.5) is 5.69 Å². The van der Waals surface area contributed by atoms with Crippen molar-refractivity contribution in [1.29, 1.82) is 0 Å². The largest absolute Gasteiger partial charge is 0.449 e. The first-order chi connectivity index (χ1) is 16.1. The van der Waals surface area contributed by atoms with Crippen LogP contribution < -0.4 is 10.6 Å². The van der Waals surface area contributed by atoms with Crippen molar-refractivity contribution in [3.05, 3.63) is 75.6 Å². The number of esters is 1. The Hall–Kier alpha value is -3.65. The standard InChI is InChI=1S/C25H27ClN4O4/c1-14-7-6-8-15(2)23(14)28-21(31)13-27-24(32)18(5)34-25(33)19-9-11-20(12-10-19)30-17(4)22(26)16(3)29-30/h6-12,18H,13H2,1-5H3,(H,27,32)(H,28,31). The van der Waals surface area contributed by atoms with Gasteiger partial charge in [-0.15, -0.1) is 0 Å². The van der Waals surface area contributed by atoms with Crippen molar-refractivity contribution in [1.82, 2.24) is 15.1 Å². The van der Waals surface area contributed by atoms with Crippen LogP contribution in [0.5, 0.6) is 0 Å². The fourth-order valence-corrected chi connectivity index (χ4v) is 3.52. The summed E-state index contributed by atoms with van der Waals surface area (Å²) in [4.78, 5) is 37.0. The Balaban J connectivity index is 1.54. The van der Waals surface area contributed by atoms with E-state index in [0.29, 0.717) is 16.4 Å². The highest BCUT2D eigenvalue weighted by Crippen LogP contribution is 2.23. The third-order valence-electron chi connectivity index (χ3n) is 5.37. The van der Waals surface area contributed by atoms with Crippen molar-refractivity contribution in [3.63, 3.8) is 0 Å². The molecule has 0 aliphatic rings. The Bertz CT molecular complexity index is 1210. The summed E-state index contributed by atoms with van der Waals surface area (Å²) in [7, 11) is 0. The zero-order valence-electron chi connectivity index (χ0n) is 19.7. The molecule has 34 heavy (non-hydrogen) atoms. The minimum Gasteiger partial charge on any atom is -0.449 e. The van der Waals surface area contributed by atoms with Crippen LogP contribution in [0.1, 0.15) is 39.8 Å². The third-order valence-corrected chi connectivity index (χ3v) is 5.92. The second-order valence-electron chi connectivity index (χ2n) is 8.02. The number of anilines is 1. The molecular formula is C25H27ClN4O4. The second-order valence-corrected chi connectivity index (χ2v) is 8.40. The molecule has 1 aromatic heterocycles. The van der Waals surface area contributed by atoms with E-state index in [1.165, 1.54) is 6.92 Å². The van der Waals surface area contributed by atoms with Gasteiger partial charge in [-0.1, -0.05) is 29.8 Å². The van der Waals surface area contributed by atoms with Crippen LogP contribution in [0.25, 0.3) is 5.69 Å². The second kappa shape index (κ2) is 10.5. The Kier molecular flexibility index (Phi) is 7.73. The van der Waals surface area contributed by atoms with Crippen LogP contribution in [0.3, 0.4) is 0 Å². The molecule has 1 heterocycles. The van der Waals surface area contributed by atoms with Crippen LogP contribution >= 0.6 is 11.6 Å². The van der Waals surface area contributed by atoms with Crippen LogP contribution in [0.15, 0.2) is 42.5 Å². The number of carbonyl (C=O) groups is 3. The lowest BCUT2D eigenvalue weighted by molar-refractivity contribution is -0.130. The van der Waals surface area contributed by atoms with E-state index in [9.17, 15) is 14.4 Å². The quantitative estimate of drug-likeness (QED) is 0.494. The summed E-state index contributed by atoms with van der Waals surface area (Å²) in [5.41, 5.74) is 5.09. The van der Waals surface area contributed by atoms with Crippen molar-refractivity contribution in [2.45, 2.75) is 40.7 Å². The molecule has 0 saturated heterocycles. The smallest absolute Gasteiger partial charge is 0.338 e. The number of hydrogen-bond acceptors (Lipinski definition) is 5. The van der Waals surface area contributed by atoms with Crippen LogP contribution in [-0.4, -0.2) is 40.2 Å². The molecule has 2 N–H and O–H groups in total. The lowest BCUT2D eigenvalue weighted by atomic mass is 10.1. The fraction of sp³-hybridized carbons (Fsp3) is 0.280. The highest BCUT2D eigenvalue weighted by Gasteiger charge is 2.20. The fourth-order valence-electron chi connectivity index (χ4n) is 3.40. The zero-order valence-corrected chi connectivity index (χ0v) is 20.5. The molecule has 0 fully saturated rings. The summed E-state index contributed by atoms with van der Waals surface area (Å²) >= 11 is 6.20. The molecule has 1 atom stereocenters. The summed E-state index contributed by atoms with van der Waals surface area (Å²) in [6.45, 7) is 8.66. The van der Waals surface area contributed by atoms with Gasteiger partial charge in [-0.2, -0.15) is 5.10 Å². The van der Waals surface area contributed by atoms with Gasteiger partial charge in [0.15, 0.2) is 6.10 Å². The summed E-state index contributed by atoms with van der Waals surface area (Å²) in [5, 5.41) is 10.2. The molecule has 2 amide bonds. The van der Waals surface area contributed by atoms with E-state index < -0.39 is 18.0 Å². The first-order valence-corrected chi connectivity index (χ1v) is 11.1. The van der Waals surface area contributed by atoms with E-state index in [2.05, 4.69) is 15.7 Å². The van der Waals surface area contributed by atoms with E-state index in [4.69, 9.17) is 16.3 Å². The first-order valence-electron chi connectivity index (χ1n) is 10.8. The molecular weight excluding hydrogens is 456 g/mol. The van der Waals surface area contributed by atoms with E-state index in [1.807, 2.05) is 45.9 Å². The van der Waals surface area contributed by atoms with Crippen molar-refractivity contribution in [2.24, 2.45) is 0 Å². The van der Waals surface area contributed by atoms with Gasteiger partial charge in [-0.05, 0) is 70.0 Å². The molecule has 0 spiro atoms. The van der Waals surface area contributed by atoms with Gasteiger partial charge in [0, 0.05) is 5.69 Å². The summed E-state index contributed by atoms with van der Waals surface area (Å²) < 4.78 is 6.94. The van der Waals surface area contributed by atoms with Crippen molar-refractivity contribution < 1.29 is 19.1 Å². The lowest BCUT2D eigenvalue weighted by Gasteiger charge is -2.15. The van der Waals surface area contributed by atoms with E-state index in [1.54, 1.807) is 28.9 Å². The SMILES string of the molecule is Cc1cccc(C)c1NC(=O)CNC(=O)C(C)OC(=O)c1ccc(-n2nc(C)c(Cl)c2C)cc1.